The van der Waals surface area contributed by atoms with Crippen molar-refractivity contribution in [3.63, 3.8) is 0 Å². The zero-order chi connectivity index (χ0) is 23.4. The van der Waals surface area contributed by atoms with Crippen LogP contribution in [0, 0.1) is 10.1 Å². The molecular formula is C23H15Cl2N3O4S. The number of hydrazone groups is 1. The summed E-state index contributed by atoms with van der Waals surface area (Å²) in [5.74, 6) is -0.0714. The average molecular weight is 500 g/mol. The van der Waals surface area contributed by atoms with Gasteiger partial charge in [0.2, 0.25) is 0 Å². The van der Waals surface area contributed by atoms with E-state index in [-0.39, 0.29) is 5.69 Å². The van der Waals surface area contributed by atoms with E-state index in [1.54, 1.807) is 24.3 Å². The molecule has 0 unspecified atom stereocenters. The second-order valence-corrected chi connectivity index (χ2v) is 8.78. The monoisotopic (exact) mass is 499 g/mol. The number of halogens is 2. The van der Waals surface area contributed by atoms with Crippen molar-refractivity contribution in [1.29, 1.82) is 0 Å². The predicted molar refractivity (Wildman–Crippen MR) is 131 cm³/mol. The fourth-order valence-electron chi connectivity index (χ4n) is 3.00. The van der Waals surface area contributed by atoms with E-state index in [2.05, 4.69) is 10.5 Å². The van der Waals surface area contributed by atoms with Crippen LogP contribution < -0.4 is 10.2 Å². The Balaban J connectivity index is 1.42. The van der Waals surface area contributed by atoms with Crippen LogP contribution in [-0.4, -0.2) is 17.0 Å². The minimum atomic E-state index is -0.477. The maximum Gasteiger partial charge on any atom is 0.281 e. The van der Waals surface area contributed by atoms with Crippen LogP contribution in [-0.2, 0) is 6.61 Å². The summed E-state index contributed by atoms with van der Waals surface area (Å²) < 4.78 is 6.51. The number of thiophene rings is 1. The predicted octanol–water partition coefficient (Wildman–Crippen LogP) is 6.46. The highest BCUT2D eigenvalue weighted by Crippen LogP contribution is 2.34. The quantitative estimate of drug-likeness (QED) is 0.179. The zero-order valence-corrected chi connectivity index (χ0v) is 19.2. The minimum absolute atomic E-state index is 0.0322. The molecule has 33 heavy (non-hydrogen) atoms. The molecule has 166 valence electrons. The van der Waals surface area contributed by atoms with Crippen LogP contribution in [0.1, 0.15) is 20.8 Å². The maximum atomic E-state index is 12.4. The molecule has 0 aliphatic heterocycles. The van der Waals surface area contributed by atoms with Crippen molar-refractivity contribution in [2.45, 2.75) is 6.61 Å². The van der Waals surface area contributed by atoms with Gasteiger partial charge in [-0.15, -0.1) is 11.3 Å². The molecule has 0 fully saturated rings. The third-order valence-electron chi connectivity index (χ3n) is 4.56. The van der Waals surface area contributed by atoms with E-state index in [4.69, 9.17) is 27.9 Å². The van der Waals surface area contributed by atoms with Gasteiger partial charge in [0.25, 0.3) is 11.6 Å². The number of carbonyl (C=O) groups excluding carboxylic acids is 1. The standard InChI is InChI=1S/C23H15Cl2N3O4S/c24-18-8-15(9-19(25)22(18)32-13-14-4-2-1-3-5-14)12-26-27-23(29)21-11-16-10-17(28(30)31)6-7-20(16)33-21/h1-12H,13H2,(H,27,29). The number of nitro groups is 1. The van der Waals surface area contributed by atoms with Gasteiger partial charge in [-0.05, 0) is 35.4 Å². The number of nitrogens with one attached hydrogen (secondary N) is 1. The minimum Gasteiger partial charge on any atom is -0.486 e. The second kappa shape index (κ2) is 9.99. The van der Waals surface area contributed by atoms with E-state index in [1.165, 1.54) is 29.7 Å². The van der Waals surface area contributed by atoms with Gasteiger partial charge in [-0.1, -0.05) is 53.5 Å². The van der Waals surface area contributed by atoms with Crippen molar-refractivity contribution in [2.24, 2.45) is 5.10 Å². The van der Waals surface area contributed by atoms with Crippen molar-refractivity contribution >= 4 is 62.4 Å². The molecule has 0 aliphatic rings. The van der Waals surface area contributed by atoms with Crippen molar-refractivity contribution < 1.29 is 14.5 Å². The average Bonchev–Trinajstić information content (AvgIpc) is 3.23. The third kappa shape index (κ3) is 5.48. The first-order valence-corrected chi connectivity index (χ1v) is 11.1. The number of non-ortho nitro benzene ring substituents is 1. The smallest absolute Gasteiger partial charge is 0.281 e. The number of nitrogens with zero attached hydrogens (tertiary/aromatic N) is 2. The molecular weight excluding hydrogens is 485 g/mol. The van der Waals surface area contributed by atoms with E-state index in [1.807, 2.05) is 30.3 Å². The number of rotatable bonds is 7. The summed E-state index contributed by atoms with van der Waals surface area (Å²) in [6, 6.07) is 18.9. The van der Waals surface area contributed by atoms with Gasteiger partial charge >= 0.3 is 0 Å². The van der Waals surface area contributed by atoms with Crippen LogP contribution in [0.5, 0.6) is 5.75 Å². The van der Waals surface area contributed by atoms with Crippen LogP contribution in [0.25, 0.3) is 10.1 Å². The molecule has 1 amide bonds. The van der Waals surface area contributed by atoms with Gasteiger partial charge in [0.15, 0.2) is 5.75 Å². The summed E-state index contributed by atoms with van der Waals surface area (Å²) in [7, 11) is 0. The number of carbonyl (C=O) groups is 1. The lowest BCUT2D eigenvalue weighted by Gasteiger charge is -2.11. The first-order valence-electron chi connectivity index (χ1n) is 9.58. The number of benzene rings is 3. The normalized spacial score (nSPS) is 11.1. The molecule has 1 heterocycles. The topological polar surface area (TPSA) is 93.8 Å². The fourth-order valence-corrected chi connectivity index (χ4v) is 4.54. The molecule has 10 heteroatoms. The summed E-state index contributed by atoms with van der Waals surface area (Å²) in [5, 5.41) is 16.1. The largest absolute Gasteiger partial charge is 0.486 e. The van der Waals surface area contributed by atoms with Gasteiger partial charge in [0, 0.05) is 22.2 Å². The van der Waals surface area contributed by atoms with Crippen molar-refractivity contribution in [2.75, 3.05) is 0 Å². The Kier molecular flexibility index (Phi) is 6.88. The molecule has 3 aromatic carbocycles. The molecule has 0 bridgehead atoms. The molecule has 7 nitrogen and oxygen atoms in total. The Morgan fingerprint density at radius 2 is 1.82 bits per heavy atom. The molecule has 4 aromatic rings. The number of fused-ring (bicyclic) bond motifs is 1. The number of ether oxygens (including phenoxy) is 1. The Morgan fingerprint density at radius 1 is 1.09 bits per heavy atom. The van der Waals surface area contributed by atoms with E-state index in [9.17, 15) is 14.9 Å². The van der Waals surface area contributed by atoms with Gasteiger partial charge in [-0.3, -0.25) is 14.9 Å². The maximum absolute atomic E-state index is 12.4. The highest BCUT2D eigenvalue weighted by Gasteiger charge is 2.13. The van der Waals surface area contributed by atoms with Crippen molar-refractivity contribution in [3.8, 4) is 5.75 Å². The molecule has 4 rings (SSSR count). The third-order valence-corrected chi connectivity index (χ3v) is 6.24. The van der Waals surface area contributed by atoms with E-state index >= 15 is 0 Å². The van der Waals surface area contributed by atoms with E-state index in [0.29, 0.717) is 38.2 Å². The zero-order valence-electron chi connectivity index (χ0n) is 16.8. The highest BCUT2D eigenvalue weighted by molar-refractivity contribution is 7.20. The number of hydrogen-bond donors (Lipinski definition) is 1. The summed E-state index contributed by atoms with van der Waals surface area (Å²) >= 11 is 13.8. The molecule has 0 aliphatic carbocycles. The molecule has 0 saturated carbocycles. The molecule has 0 atom stereocenters. The van der Waals surface area contributed by atoms with E-state index < -0.39 is 10.8 Å². The Bertz CT molecular complexity index is 1350. The summed E-state index contributed by atoms with van der Waals surface area (Å²) in [4.78, 5) is 23.2. The number of amides is 1. The van der Waals surface area contributed by atoms with Crippen LogP contribution in [0.15, 0.2) is 71.8 Å². The Morgan fingerprint density at radius 3 is 2.52 bits per heavy atom. The number of hydrogen-bond acceptors (Lipinski definition) is 6. The lowest BCUT2D eigenvalue weighted by Crippen LogP contribution is -2.16. The van der Waals surface area contributed by atoms with Crippen molar-refractivity contribution in [1.82, 2.24) is 5.43 Å². The van der Waals surface area contributed by atoms with Gasteiger partial charge < -0.3 is 4.74 Å². The van der Waals surface area contributed by atoms with Gasteiger partial charge in [-0.2, -0.15) is 5.10 Å². The lowest BCUT2D eigenvalue weighted by atomic mass is 10.2. The molecule has 1 aromatic heterocycles. The summed E-state index contributed by atoms with van der Waals surface area (Å²) in [6.07, 6.45) is 1.41. The SMILES string of the molecule is O=C(NN=Cc1cc(Cl)c(OCc2ccccc2)c(Cl)c1)c1cc2cc([N+](=O)[O-])ccc2s1. The van der Waals surface area contributed by atoms with E-state index in [0.717, 1.165) is 10.3 Å². The summed E-state index contributed by atoms with van der Waals surface area (Å²) in [5.41, 5.74) is 3.96. The van der Waals surface area contributed by atoms with Crippen LogP contribution in [0.4, 0.5) is 5.69 Å². The molecule has 0 spiro atoms. The molecule has 0 radical (unpaired) electrons. The second-order valence-electron chi connectivity index (χ2n) is 6.88. The first-order chi connectivity index (χ1) is 15.9. The van der Waals surface area contributed by atoms with Gasteiger partial charge in [0.05, 0.1) is 26.1 Å². The Hall–Kier alpha value is -3.46. The van der Waals surface area contributed by atoms with Crippen molar-refractivity contribution in [3.05, 3.63) is 103 Å². The summed E-state index contributed by atoms with van der Waals surface area (Å²) in [6.45, 7) is 0.322. The van der Waals surface area contributed by atoms with Crippen LogP contribution in [0.2, 0.25) is 10.0 Å². The lowest BCUT2D eigenvalue weighted by molar-refractivity contribution is -0.384. The first kappa shape index (κ1) is 22.7. The van der Waals surface area contributed by atoms with Crippen LogP contribution >= 0.6 is 34.5 Å². The van der Waals surface area contributed by atoms with Gasteiger partial charge in [0.1, 0.15) is 6.61 Å². The highest BCUT2D eigenvalue weighted by atomic mass is 35.5. The van der Waals surface area contributed by atoms with Crippen LogP contribution in [0.3, 0.4) is 0 Å². The molecule has 0 saturated heterocycles. The Labute approximate surface area is 202 Å². The molecule has 1 N–H and O–H groups in total. The number of nitro benzene ring substituents is 1. The van der Waals surface area contributed by atoms with Gasteiger partial charge in [-0.25, -0.2) is 5.43 Å². The fraction of sp³-hybridized carbons (Fsp3) is 0.0435.